The van der Waals surface area contributed by atoms with Gasteiger partial charge in [0.05, 0.1) is 29.9 Å². The summed E-state index contributed by atoms with van der Waals surface area (Å²) in [6.45, 7) is 4.08. The molecular weight excluding hydrogens is 510 g/mol. The highest BCUT2D eigenvalue weighted by molar-refractivity contribution is 5.89. The lowest BCUT2D eigenvalue weighted by molar-refractivity contribution is -0.122. The van der Waals surface area contributed by atoms with Crippen LogP contribution in [0.4, 0.5) is 16.2 Å². The maximum atomic E-state index is 13.9. The van der Waals surface area contributed by atoms with Crippen LogP contribution in [0.1, 0.15) is 46.3 Å². The third-order valence-electron chi connectivity index (χ3n) is 7.03. The Hall–Kier alpha value is -4.99. The molecule has 40 heavy (non-hydrogen) atoms. The highest BCUT2D eigenvalue weighted by atomic mass is 16.5. The van der Waals surface area contributed by atoms with Gasteiger partial charge in [-0.25, -0.2) is 9.78 Å². The Balaban J connectivity index is 1.59. The van der Waals surface area contributed by atoms with Gasteiger partial charge < -0.3 is 25.1 Å². The second-order valence-corrected chi connectivity index (χ2v) is 9.77. The molecule has 204 valence electrons. The topological polar surface area (TPSA) is 142 Å². The number of aromatic amines is 1. The molecule has 10 heteroatoms. The predicted octanol–water partition coefficient (Wildman–Crippen LogP) is 4.24. The number of aromatic nitrogens is 2. The van der Waals surface area contributed by atoms with Gasteiger partial charge >= 0.3 is 6.09 Å². The van der Waals surface area contributed by atoms with Crippen molar-refractivity contribution in [1.29, 1.82) is 0 Å². The molecule has 10 nitrogen and oxygen atoms in total. The van der Waals surface area contributed by atoms with Crippen molar-refractivity contribution in [2.75, 3.05) is 17.2 Å². The lowest BCUT2D eigenvalue weighted by atomic mass is 9.93. The fraction of sp³-hybridized carbons (Fsp3) is 0.233. The first-order valence-corrected chi connectivity index (χ1v) is 12.9. The second kappa shape index (κ2) is 11.4. The third kappa shape index (κ3) is 5.70. The van der Waals surface area contributed by atoms with E-state index in [1.165, 1.54) is 6.33 Å². The molecule has 0 spiro atoms. The molecule has 2 atom stereocenters. The monoisotopic (exact) mass is 539 g/mol. The van der Waals surface area contributed by atoms with Crippen molar-refractivity contribution in [3.8, 4) is 0 Å². The van der Waals surface area contributed by atoms with Crippen molar-refractivity contribution in [1.82, 2.24) is 15.3 Å². The Morgan fingerprint density at radius 2 is 1.82 bits per heavy atom. The van der Waals surface area contributed by atoms with E-state index in [1.807, 2.05) is 26.0 Å². The first-order valence-electron chi connectivity index (χ1n) is 12.9. The summed E-state index contributed by atoms with van der Waals surface area (Å²) >= 11 is 0. The van der Waals surface area contributed by atoms with Gasteiger partial charge in [0.25, 0.3) is 5.56 Å². The zero-order chi connectivity index (χ0) is 28.2. The molecule has 3 aromatic carbocycles. The largest absolute Gasteiger partial charge is 0.449 e. The third-order valence-corrected chi connectivity index (χ3v) is 7.03. The lowest BCUT2D eigenvalue weighted by Gasteiger charge is -2.26. The number of anilines is 2. The number of ether oxygens (including phenoxy) is 1. The number of rotatable bonds is 4. The highest BCUT2D eigenvalue weighted by Gasteiger charge is 2.26. The smallest absolute Gasteiger partial charge is 0.411 e. The van der Waals surface area contributed by atoms with Crippen molar-refractivity contribution in [2.24, 2.45) is 0 Å². The Morgan fingerprint density at radius 3 is 2.60 bits per heavy atom. The fourth-order valence-electron chi connectivity index (χ4n) is 5.08. The van der Waals surface area contributed by atoms with Crippen molar-refractivity contribution < 1.29 is 19.1 Å². The predicted molar refractivity (Wildman–Crippen MR) is 151 cm³/mol. The summed E-state index contributed by atoms with van der Waals surface area (Å²) in [5.41, 5.74) is 5.56. The molecule has 0 saturated heterocycles. The SMILES string of the molecule is Cc1cc2cc(C)c1CCOC(=O)Nc1cccc(c1)C(CC=O)NC(=O)[C@@H]2Nc1ccc2nc[nH]c(=O)c2c1. The van der Waals surface area contributed by atoms with Gasteiger partial charge in [-0.1, -0.05) is 24.3 Å². The highest BCUT2D eigenvalue weighted by Crippen LogP contribution is 2.28. The summed E-state index contributed by atoms with van der Waals surface area (Å²) in [6.07, 6.45) is 2.04. The van der Waals surface area contributed by atoms with Gasteiger partial charge in [0.15, 0.2) is 0 Å². The number of hydrogen-bond donors (Lipinski definition) is 4. The van der Waals surface area contributed by atoms with Gasteiger partial charge in [-0.2, -0.15) is 0 Å². The Labute approximate surface area is 230 Å². The molecule has 0 saturated carbocycles. The molecule has 0 radical (unpaired) electrons. The Bertz CT molecular complexity index is 1640. The molecule has 4 bridgehead atoms. The average molecular weight is 540 g/mol. The van der Waals surface area contributed by atoms with Crippen LogP contribution in [-0.2, 0) is 20.7 Å². The summed E-state index contributed by atoms with van der Waals surface area (Å²) in [5, 5.41) is 9.41. The quantitative estimate of drug-likeness (QED) is 0.284. The minimum atomic E-state index is -0.846. The number of benzene rings is 3. The minimum absolute atomic E-state index is 0.0281. The number of carbonyl (C=O) groups is 3. The molecule has 2 amide bonds. The van der Waals surface area contributed by atoms with Crippen LogP contribution in [0.15, 0.2) is 65.7 Å². The number of aldehydes is 1. The van der Waals surface area contributed by atoms with Crippen LogP contribution in [0.5, 0.6) is 0 Å². The number of fused-ring (bicyclic) bond motifs is 10. The molecule has 4 aromatic rings. The first-order chi connectivity index (χ1) is 19.3. The summed E-state index contributed by atoms with van der Waals surface area (Å²) < 4.78 is 5.42. The van der Waals surface area contributed by atoms with Crippen LogP contribution < -0.4 is 21.5 Å². The zero-order valence-corrected chi connectivity index (χ0v) is 22.1. The van der Waals surface area contributed by atoms with Crippen LogP contribution >= 0.6 is 0 Å². The van der Waals surface area contributed by atoms with Gasteiger partial charge in [-0.15, -0.1) is 0 Å². The molecule has 4 N–H and O–H groups in total. The van der Waals surface area contributed by atoms with Crippen LogP contribution in [0, 0.1) is 13.8 Å². The van der Waals surface area contributed by atoms with E-state index < -0.39 is 18.2 Å². The normalized spacial score (nSPS) is 17.6. The van der Waals surface area contributed by atoms with Crippen LogP contribution in [0.3, 0.4) is 0 Å². The molecule has 3 heterocycles. The van der Waals surface area contributed by atoms with E-state index in [2.05, 4.69) is 25.9 Å². The fourth-order valence-corrected chi connectivity index (χ4v) is 5.08. The molecule has 0 fully saturated rings. The molecular formula is C30H29N5O5. The van der Waals surface area contributed by atoms with Gasteiger partial charge in [0.1, 0.15) is 12.3 Å². The molecule has 2 aliphatic heterocycles. The minimum Gasteiger partial charge on any atom is -0.449 e. The van der Waals surface area contributed by atoms with Crippen LogP contribution in [0.2, 0.25) is 0 Å². The number of amides is 2. The molecule has 1 aromatic heterocycles. The summed E-state index contributed by atoms with van der Waals surface area (Å²) in [6, 6.07) is 14.4. The standard InChI is InChI=1S/C30H29N5O5/c1-17-12-20-13-18(2)23(17)9-11-40-30(39)34-21-5-3-4-19(14-21)25(8-10-36)35-29(38)27(20)33-22-6-7-26-24(15-22)28(37)32-16-31-26/h3-7,10,12-16,25,27,33H,8-9,11H2,1-2H3,(H,34,39)(H,35,38)(H,31,32,37)/t25?,27-/m1/s1. The van der Waals surface area contributed by atoms with E-state index in [-0.39, 0.29) is 24.5 Å². The summed E-state index contributed by atoms with van der Waals surface area (Å²) in [4.78, 5) is 57.1. The van der Waals surface area contributed by atoms with Crippen molar-refractivity contribution in [3.05, 3.63) is 99.1 Å². The first kappa shape index (κ1) is 26.6. The number of nitrogens with one attached hydrogen (secondary N) is 4. The van der Waals surface area contributed by atoms with Gasteiger partial charge in [-0.3, -0.25) is 14.9 Å². The van der Waals surface area contributed by atoms with E-state index in [1.54, 1.807) is 42.5 Å². The van der Waals surface area contributed by atoms with Crippen molar-refractivity contribution in [2.45, 2.75) is 38.8 Å². The molecule has 2 aliphatic rings. The maximum absolute atomic E-state index is 13.9. The molecule has 6 rings (SSSR count). The number of carbonyl (C=O) groups excluding carboxylic acids is 3. The van der Waals surface area contributed by atoms with Crippen LogP contribution in [-0.4, -0.2) is 34.9 Å². The number of aryl methyl sites for hydroxylation is 2. The second-order valence-electron chi connectivity index (χ2n) is 9.77. The average Bonchev–Trinajstić information content (AvgIpc) is 2.93. The number of hydrogen-bond acceptors (Lipinski definition) is 7. The van der Waals surface area contributed by atoms with Crippen LogP contribution in [0.25, 0.3) is 10.9 Å². The molecule has 0 aliphatic carbocycles. The van der Waals surface area contributed by atoms with Gasteiger partial charge in [0, 0.05) is 24.2 Å². The van der Waals surface area contributed by atoms with E-state index in [4.69, 9.17) is 4.74 Å². The molecule has 1 unspecified atom stereocenters. The summed E-state index contributed by atoms with van der Waals surface area (Å²) in [7, 11) is 0. The van der Waals surface area contributed by atoms with Gasteiger partial charge in [-0.05, 0) is 72.0 Å². The number of nitrogens with zero attached hydrogens (tertiary/aromatic N) is 1. The Morgan fingerprint density at radius 1 is 1.02 bits per heavy atom. The maximum Gasteiger partial charge on any atom is 0.411 e. The zero-order valence-electron chi connectivity index (χ0n) is 22.1. The Kier molecular flexibility index (Phi) is 7.59. The van der Waals surface area contributed by atoms with Gasteiger partial charge in [0.2, 0.25) is 5.91 Å². The van der Waals surface area contributed by atoms with E-state index in [0.717, 1.165) is 23.0 Å². The van der Waals surface area contributed by atoms with Crippen molar-refractivity contribution >= 4 is 40.6 Å². The summed E-state index contributed by atoms with van der Waals surface area (Å²) in [5.74, 6) is -0.358. The van der Waals surface area contributed by atoms with E-state index in [0.29, 0.717) is 39.8 Å². The number of H-pyrrole nitrogens is 1. The van der Waals surface area contributed by atoms with E-state index >= 15 is 0 Å². The lowest BCUT2D eigenvalue weighted by Crippen LogP contribution is -2.36. The van der Waals surface area contributed by atoms with Crippen molar-refractivity contribution in [3.63, 3.8) is 0 Å². The van der Waals surface area contributed by atoms with E-state index in [9.17, 15) is 19.2 Å².